The monoisotopic (exact) mass is 560 g/mol. The third-order valence-electron chi connectivity index (χ3n) is 5.68. The Kier molecular flexibility index (Phi) is 23.8. The Bertz CT molecular complexity index is 712. The van der Waals surface area contributed by atoms with Crippen molar-refractivity contribution in [2.45, 2.75) is 86.0 Å². The molecule has 0 aromatic heterocycles. The van der Waals surface area contributed by atoms with Crippen LogP contribution in [-0.2, 0) is 47.6 Å². The number of carbonyl (C=O) groups excluding carboxylic acids is 4. The van der Waals surface area contributed by atoms with Gasteiger partial charge < -0.3 is 33.9 Å². The summed E-state index contributed by atoms with van der Waals surface area (Å²) >= 11 is 0. The number of carbonyl (C=O) groups is 4. The molecule has 0 aliphatic carbocycles. The fourth-order valence-corrected chi connectivity index (χ4v) is 3.11. The number of ether oxygens (including phenoxy) is 6. The highest BCUT2D eigenvalue weighted by molar-refractivity contribution is 5.70. The van der Waals surface area contributed by atoms with E-state index in [1.54, 1.807) is 34.6 Å². The molecule has 0 aromatic carbocycles. The smallest absolute Gasteiger partial charge is 0.305 e. The quantitative estimate of drug-likeness (QED) is 0.0884. The van der Waals surface area contributed by atoms with Crippen LogP contribution in [0.5, 0.6) is 0 Å². The summed E-state index contributed by atoms with van der Waals surface area (Å²) in [7, 11) is 0. The van der Waals surface area contributed by atoms with Crippen LogP contribution in [0.1, 0.15) is 86.0 Å². The van der Waals surface area contributed by atoms with Crippen molar-refractivity contribution in [3.05, 3.63) is 0 Å². The molecular formula is C28H48O11. The van der Waals surface area contributed by atoms with Gasteiger partial charge in [-0.05, 0) is 44.4 Å². The number of hydrogen-bond acceptors (Lipinski definition) is 10. The second-order valence-electron chi connectivity index (χ2n) is 8.71. The van der Waals surface area contributed by atoms with Crippen molar-refractivity contribution in [3.63, 3.8) is 0 Å². The van der Waals surface area contributed by atoms with Crippen LogP contribution in [0.2, 0.25) is 0 Å². The first kappa shape index (κ1) is 38.3. The molecule has 2 N–H and O–H groups in total. The van der Waals surface area contributed by atoms with Crippen LogP contribution in [0.25, 0.3) is 0 Å². The first-order chi connectivity index (χ1) is 18.2. The van der Waals surface area contributed by atoms with Gasteiger partial charge in [0.25, 0.3) is 0 Å². The fraction of sp³-hybridized carbons (Fsp3) is 0.786. The van der Waals surface area contributed by atoms with Crippen LogP contribution in [0.4, 0.5) is 0 Å². The van der Waals surface area contributed by atoms with Crippen molar-refractivity contribution in [3.8, 4) is 12.0 Å². The van der Waals surface area contributed by atoms with E-state index in [1.165, 1.54) is 0 Å². The van der Waals surface area contributed by atoms with E-state index in [9.17, 15) is 19.2 Å². The Hall–Kier alpha value is -2.84. The molecule has 0 bridgehead atoms. The molecule has 0 aliphatic rings. The average Bonchev–Trinajstić information content (AvgIpc) is 2.93. The van der Waals surface area contributed by atoms with Gasteiger partial charge >= 0.3 is 23.9 Å². The molecule has 39 heavy (non-hydrogen) atoms. The topological polar surface area (TPSA) is 155 Å². The number of esters is 4. The third kappa shape index (κ3) is 19.8. The number of rotatable bonds is 21. The molecule has 0 spiro atoms. The van der Waals surface area contributed by atoms with E-state index in [-0.39, 0.29) is 67.9 Å². The maximum Gasteiger partial charge on any atom is 0.305 e. The van der Waals surface area contributed by atoms with Gasteiger partial charge in [-0.1, -0.05) is 27.7 Å². The van der Waals surface area contributed by atoms with E-state index in [4.69, 9.17) is 28.4 Å². The number of hydrogen-bond donors (Lipinski definition) is 0. The Labute approximate surface area is 232 Å². The zero-order valence-electron chi connectivity index (χ0n) is 24.3. The van der Waals surface area contributed by atoms with Crippen LogP contribution in [0.15, 0.2) is 0 Å². The van der Waals surface area contributed by atoms with Crippen molar-refractivity contribution in [2.75, 3.05) is 46.2 Å². The standard InChI is InChI=1S/C28H46O10.H2O/c1-6-24(29)35-17-12-23(13-18-36-25(30)7-2)11-16-34-20-15-28(14-19-33-10-5,21-37-26(31)8-3)22-38-27(32)9-4;/h23H,6-13,15-18,20-22H2,1-5H3;1H2. The van der Waals surface area contributed by atoms with Crippen LogP contribution in [0, 0.1) is 23.4 Å². The molecule has 11 nitrogen and oxygen atoms in total. The van der Waals surface area contributed by atoms with Crippen molar-refractivity contribution in [1.82, 2.24) is 0 Å². The molecule has 0 heterocycles. The molecule has 0 fully saturated rings. The Morgan fingerprint density at radius 3 is 1.51 bits per heavy atom. The molecule has 0 unspecified atom stereocenters. The summed E-state index contributed by atoms with van der Waals surface area (Å²) in [5, 5.41) is 0. The highest BCUT2D eigenvalue weighted by Crippen LogP contribution is 2.24. The second-order valence-corrected chi connectivity index (χ2v) is 8.71. The lowest BCUT2D eigenvalue weighted by molar-refractivity contribution is -0.152. The SMILES string of the molecule is CCOC#CC(CCOCCC(CCOC(=O)CC)CCOC(=O)CC)(COC(=O)CC)COC(=O)CC.O. The van der Waals surface area contributed by atoms with E-state index in [1.807, 2.05) is 0 Å². The maximum absolute atomic E-state index is 11.8. The van der Waals surface area contributed by atoms with Gasteiger partial charge in [-0.3, -0.25) is 19.2 Å². The first-order valence-electron chi connectivity index (χ1n) is 13.6. The minimum atomic E-state index is -0.979. The van der Waals surface area contributed by atoms with E-state index in [0.717, 1.165) is 0 Å². The molecule has 0 saturated carbocycles. The Balaban J connectivity index is 0. The summed E-state index contributed by atoms with van der Waals surface area (Å²) < 4.78 is 32.2. The van der Waals surface area contributed by atoms with Gasteiger partial charge in [-0.15, -0.1) is 0 Å². The largest absolute Gasteiger partial charge is 0.466 e. The van der Waals surface area contributed by atoms with Gasteiger partial charge in [-0.25, -0.2) is 0 Å². The third-order valence-corrected chi connectivity index (χ3v) is 5.68. The van der Waals surface area contributed by atoms with Crippen LogP contribution in [-0.4, -0.2) is 75.6 Å². The zero-order valence-corrected chi connectivity index (χ0v) is 24.3. The van der Waals surface area contributed by atoms with E-state index in [2.05, 4.69) is 12.0 Å². The van der Waals surface area contributed by atoms with Gasteiger partial charge in [0, 0.05) is 38.9 Å². The molecule has 0 amide bonds. The second kappa shape index (κ2) is 24.2. The lowest BCUT2D eigenvalue weighted by atomic mass is 9.87. The van der Waals surface area contributed by atoms with Crippen molar-refractivity contribution in [2.24, 2.45) is 11.3 Å². The lowest BCUT2D eigenvalue weighted by Gasteiger charge is -2.27. The molecule has 0 rings (SSSR count). The van der Waals surface area contributed by atoms with Gasteiger partial charge in [0.1, 0.15) is 24.7 Å². The molecule has 0 atom stereocenters. The molecular weight excluding hydrogens is 512 g/mol. The highest BCUT2D eigenvalue weighted by atomic mass is 16.6. The summed E-state index contributed by atoms with van der Waals surface area (Å²) in [6.07, 6.45) is 5.94. The van der Waals surface area contributed by atoms with Gasteiger partial charge in [0.15, 0.2) is 0 Å². The summed E-state index contributed by atoms with van der Waals surface area (Å²) in [6, 6.07) is 0. The van der Waals surface area contributed by atoms with E-state index in [0.29, 0.717) is 65.0 Å². The Morgan fingerprint density at radius 1 is 0.641 bits per heavy atom. The van der Waals surface area contributed by atoms with Gasteiger partial charge in [0.05, 0.1) is 19.8 Å². The zero-order chi connectivity index (χ0) is 28.7. The highest BCUT2D eigenvalue weighted by Gasteiger charge is 2.32. The Morgan fingerprint density at radius 2 is 1.08 bits per heavy atom. The molecule has 11 heteroatoms. The molecule has 226 valence electrons. The lowest BCUT2D eigenvalue weighted by Crippen LogP contribution is -2.34. The normalized spacial score (nSPS) is 10.5. The maximum atomic E-state index is 11.8. The van der Waals surface area contributed by atoms with E-state index < -0.39 is 5.41 Å². The first-order valence-corrected chi connectivity index (χ1v) is 13.6. The van der Waals surface area contributed by atoms with Crippen molar-refractivity contribution >= 4 is 23.9 Å². The molecule has 0 aromatic rings. The summed E-state index contributed by atoms with van der Waals surface area (Å²) in [4.78, 5) is 46.6. The molecule has 0 saturated heterocycles. The van der Waals surface area contributed by atoms with Gasteiger partial charge in [0.2, 0.25) is 0 Å². The van der Waals surface area contributed by atoms with Crippen molar-refractivity contribution in [1.29, 1.82) is 0 Å². The summed E-state index contributed by atoms with van der Waals surface area (Å²) in [5.74, 6) is 1.83. The summed E-state index contributed by atoms with van der Waals surface area (Å²) in [5.41, 5.74) is -0.979. The molecule has 0 radical (unpaired) electrons. The van der Waals surface area contributed by atoms with Crippen LogP contribution < -0.4 is 0 Å². The minimum absolute atomic E-state index is 0. The van der Waals surface area contributed by atoms with Crippen LogP contribution in [0.3, 0.4) is 0 Å². The average molecular weight is 561 g/mol. The fourth-order valence-electron chi connectivity index (χ4n) is 3.11. The van der Waals surface area contributed by atoms with Crippen LogP contribution >= 0.6 is 0 Å². The van der Waals surface area contributed by atoms with Gasteiger partial charge in [-0.2, -0.15) is 0 Å². The molecule has 0 aliphatic heterocycles. The van der Waals surface area contributed by atoms with E-state index >= 15 is 0 Å². The summed E-state index contributed by atoms with van der Waals surface area (Å²) in [6.45, 7) is 10.2. The minimum Gasteiger partial charge on any atom is -0.466 e. The van der Waals surface area contributed by atoms with Crippen molar-refractivity contribution < 1.29 is 53.1 Å². The predicted molar refractivity (Wildman–Crippen MR) is 143 cm³/mol. The predicted octanol–water partition coefficient (Wildman–Crippen LogP) is 3.15.